The molecule has 0 aliphatic carbocycles. The maximum atomic E-state index is 10.0. The van der Waals surface area contributed by atoms with Gasteiger partial charge in [0.25, 0.3) is 0 Å². The molecular weight excluding hydrogens is 248 g/mol. The van der Waals surface area contributed by atoms with Gasteiger partial charge in [-0.15, -0.1) is 0 Å². The number of hydrogen-bond donors (Lipinski definition) is 2. The number of anilines is 1. The fraction of sp³-hybridized carbons (Fsp3) is 0.647. The van der Waals surface area contributed by atoms with Gasteiger partial charge < -0.3 is 15.3 Å². The lowest BCUT2D eigenvalue weighted by atomic mass is 9.93. The van der Waals surface area contributed by atoms with Gasteiger partial charge in [-0.3, -0.25) is 0 Å². The van der Waals surface area contributed by atoms with E-state index < -0.39 is 5.60 Å². The maximum Gasteiger partial charge on any atom is 0.0653 e. The highest BCUT2D eigenvalue weighted by Gasteiger charge is 2.27. The predicted molar refractivity (Wildman–Crippen MR) is 85.2 cm³/mol. The van der Waals surface area contributed by atoms with Crippen molar-refractivity contribution in [3.63, 3.8) is 0 Å². The van der Waals surface area contributed by atoms with Gasteiger partial charge in [-0.2, -0.15) is 0 Å². The van der Waals surface area contributed by atoms with Crippen LogP contribution in [-0.4, -0.2) is 30.3 Å². The van der Waals surface area contributed by atoms with Crippen LogP contribution in [0.4, 0.5) is 5.69 Å². The van der Waals surface area contributed by atoms with Gasteiger partial charge in [-0.05, 0) is 50.4 Å². The molecule has 112 valence electrons. The Hall–Kier alpha value is -1.06. The Kier molecular flexibility index (Phi) is 5.06. The zero-order valence-corrected chi connectivity index (χ0v) is 13.0. The van der Waals surface area contributed by atoms with Crippen LogP contribution in [0.15, 0.2) is 24.3 Å². The van der Waals surface area contributed by atoms with Gasteiger partial charge >= 0.3 is 0 Å². The summed E-state index contributed by atoms with van der Waals surface area (Å²) >= 11 is 0. The average molecular weight is 276 g/mol. The van der Waals surface area contributed by atoms with Crippen molar-refractivity contribution in [3.8, 4) is 0 Å². The summed E-state index contributed by atoms with van der Waals surface area (Å²) in [6, 6.07) is 9.36. The summed E-state index contributed by atoms with van der Waals surface area (Å²) in [6.45, 7) is 9.19. The molecule has 1 aromatic rings. The molecule has 1 aliphatic rings. The Balaban J connectivity index is 2.01. The molecule has 2 rings (SSSR count). The van der Waals surface area contributed by atoms with Gasteiger partial charge in [0.2, 0.25) is 0 Å². The fourth-order valence-corrected chi connectivity index (χ4v) is 2.91. The van der Waals surface area contributed by atoms with Crippen molar-refractivity contribution in [2.75, 3.05) is 24.5 Å². The van der Waals surface area contributed by atoms with Gasteiger partial charge in [0.15, 0.2) is 0 Å². The van der Waals surface area contributed by atoms with E-state index in [0.717, 1.165) is 38.9 Å². The Morgan fingerprint density at radius 1 is 1.20 bits per heavy atom. The van der Waals surface area contributed by atoms with Gasteiger partial charge in [0.1, 0.15) is 0 Å². The molecule has 1 aliphatic heterocycles. The van der Waals surface area contributed by atoms with E-state index in [4.69, 9.17) is 0 Å². The van der Waals surface area contributed by atoms with E-state index in [0.29, 0.717) is 6.04 Å². The van der Waals surface area contributed by atoms with Crippen LogP contribution in [-0.2, 0) is 0 Å². The molecule has 1 unspecified atom stereocenters. The molecule has 1 heterocycles. The van der Waals surface area contributed by atoms with E-state index >= 15 is 0 Å². The van der Waals surface area contributed by atoms with Crippen molar-refractivity contribution in [1.29, 1.82) is 0 Å². The molecule has 0 saturated carbocycles. The summed E-state index contributed by atoms with van der Waals surface area (Å²) in [4.78, 5) is 2.37. The van der Waals surface area contributed by atoms with Crippen LogP contribution in [0.1, 0.15) is 51.6 Å². The van der Waals surface area contributed by atoms with E-state index in [9.17, 15) is 5.11 Å². The van der Waals surface area contributed by atoms with Gasteiger partial charge in [0, 0.05) is 24.8 Å². The molecule has 0 aromatic heterocycles. The van der Waals surface area contributed by atoms with E-state index in [1.165, 1.54) is 11.3 Å². The third-order valence-corrected chi connectivity index (χ3v) is 4.36. The molecule has 2 N–H and O–H groups in total. The molecule has 0 spiro atoms. The van der Waals surface area contributed by atoms with E-state index in [1.807, 2.05) is 6.92 Å². The van der Waals surface area contributed by atoms with Crippen LogP contribution in [0.2, 0.25) is 0 Å². The minimum Gasteiger partial charge on any atom is -0.390 e. The maximum absolute atomic E-state index is 10.0. The third kappa shape index (κ3) is 3.74. The zero-order valence-electron chi connectivity index (χ0n) is 13.0. The van der Waals surface area contributed by atoms with Crippen LogP contribution < -0.4 is 10.2 Å². The first-order valence-electron chi connectivity index (χ1n) is 7.86. The molecule has 0 amide bonds. The Bertz CT molecular complexity index is 404. The van der Waals surface area contributed by atoms with Crippen LogP contribution in [0.3, 0.4) is 0 Å². The SMILES string of the molecule is CCNC(CC)c1ccc(N2CCC(C)(O)CC2)cc1. The van der Waals surface area contributed by atoms with E-state index in [2.05, 4.69) is 48.3 Å². The summed E-state index contributed by atoms with van der Waals surface area (Å²) in [5.74, 6) is 0. The van der Waals surface area contributed by atoms with Crippen LogP contribution in [0, 0.1) is 0 Å². The summed E-state index contributed by atoms with van der Waals surface area (Å²) < 4.78 is 0. The zero-order chi connectivity index (χ0) is 14.6. The number of rotatable bonds is 5. The predicted octanol–water partition coefficient (Wildman–Crippen LogP) is 3.10. The number of nitrogens with zero attached hydrogens (tertiary/aromatic N) is 1. The van der Waals surface area contributed by atoms with Gasteiger partial charge in [-0.25, -0.2) is 0 Å². The largest absolute Gasteiger partial charge is 0.390 e. The number of hydrogen-bond acceptors (Lipinski definition) is 3. The average Bonchev–Trinajstić information content (AvgIpc) is 2.45. The second kappa shape index (κ2) is 6.59. The molecule has 1 fully saturated rings. The molecule has 1 aromatic carbocycles. The van der Waals surface area contributed by atoms with Crippen molar-refractivity contribution in [1.82, 2.24) is 5.32 Å². The molecule has 3 nitrogen and oxygen atoms in total. The second-order valence-corrected chi connectivity index (χ2v) is 6.09. The lowest BCUT2D eigenvalue weighted by Gasteiger charge is -2.37. The first kappa shape index (κ1) is 15.3. The number of aliphatic hydroxyl groups is 1. The summed E-state index contributed by atoms with van der Waals surface area (Å²) in [6.07, 6.45) is 2.81. The van der Waals surface area contributed by atoms with E-state index in [1.54, 1.807) is 0 Å². The van der Waals surface area contributed by atoms with Crippen molar-refractivity contribution in [2.45, 2.75) is 51.7 Å². The lowest BCUT2D eigenvalue weighted by Crippen LogP contribution is -2.42. The molecule has 20 heavy (non-hydrogen) atoms. The monoisotopic (exact) mass is 276 g/mol. The highest BCUT2D eigenvalue weighted by atomic mass is 16.3. The van der Waals surface area contributed by atoms with Crippen LogP contribution >= 0.6 is 0 Å². The molecular formula is C17H28N2O. The topological polar surface area (TPSA) is 35.5 Å². The highest BCUT2D eigenvalue weighted by molar-refractivity contribution is 5.48. The second-order valence-electron chi connectivity index (χ2n) is 6.09. The Morgan fingerprint density at radius 2 is 1.80 bits per heavy atom. The first-order valence-corrected chi connectivity index (χ1v) is 7.86. The standard InChI is InChI=1S/C17H28N2O/c1-4-16(18-5-2)14-6-8-15(9-7-14)19-12-10-17(3,20)11-13-19/h6-9,16,18,20H,4-5,10-13H2,1-3H3. The van der Waals surface area contributed by atoms with Crippen molar-refractivity contribution >= 4 is 5.69 Å². The summed E-state index contributed by atoms with van der Waals surface area (Å²) in [5.41, 5.74) is 2.16. The minimum absolute atomic E-state index is 0.455. The van der Waals surface area contributed by atoms with Crippen LogP contribution in [0.5, 0.6) is 0 Å². The number of nitrogens with one attached hydrogen (secondary N) is 1. The van der Waals surface area contributed by atoms with Crippen molar-refractivity contribution in [2.24, 2.45) is 0 Å². The Morgan fingerprint density at radius 3 is 2.30 bits per heavy atom. The molecule has 0 bridgehead atoms. The normalized spacial score (nSPS) is 19.9. The van der Waals surface area contributed by atoms with Crippen molar-refractivity contribution in [3.05, 3.63) is 29.8 Å². The summed E-state index contributed by atoms with van der Waals surface area (Å²) in [7, 11) is 0. The smallest absolute Gasteiger partial charge is 0.0653 e. The minimum atomic E-state index is -0.477. The van der Waals surface area contributed by atoms with Crippen molar-refractivity contribution < 1.29 is 5.11 Å². The third-order valence-electron chi connectivity index (χ3n) is 4.36. The highest BCUT2D eigenvalue weighted by Crippen LogP contribution is 2.27. The quantitative estimate of drug-likeness (QED) is 0.867. The van der Waals surface area contributed by atoms with Gasteiger partial charge in [-0.1, -0.05) is 26.0 Å². The first-order chi connectivity index (χ1) is 9.55. The van der Waals surface area contributed by atoms with Crippen LogP contribution in [0.25, 0.3) is 0 Å². The number of benzene rings is 1. The summed E-state index contributed by atoms with van der Waals surface area (Å²) in [5, 5.41) is 13.5. The lowest BCUT2D eigenvalue weighted by molar-refractivity contribution is 0.0351. The molecule has 0 radical (unpaired) electrons. The number of piperidine rings is 1. The molecule has 3 heteroatoms. The van der Waals surface area contributed by atoms with Gasteiger partial charge in [0.05, 0.1) is 5.60 Å². The molecule has 1 saturated heterocycles. The Labute approximate surface area is 123 Å². The molecule has 1 atom stereocenters. The fourth-order valence-electron chi connectivity index (χ4n) is 2.91. The van der Waals surface area contributed by atoms with E-state index in [-0.39, 0.29) is 0 Å².